The van der Waals surface area contributed by atoms with Crippen molar-refractivity contribution in [3.63, 3.8) is 0 Å². The van der Waals surface area contributed by atoms with E-state index in [0.717, 1.165) is 36.0 Å². The molecule has 6 rings (SSSR count). The standard InChI is InChI=1S/C38H40N2O3S.ClH/c1-2-9-29(10-3-1)26-41-21-8-22-42-35-18-16-32(17-19-35)38-34(28-44-37-13-6-7-20-40-37)24-39-25-36(38)43-27-30-14-15-31-11-4-5-12-33(31)23-30;/h1-7,9-20,23,34,36,38-39H,8,21-22,24-28H2;1H. The number of fused-ring (bicyclic) bond motifs is 1. The van der Waals surface area contributed by atoms with E-state index in [4.69, 9.17) is 14.2 Å². The molecule has 0 amide bonds. The molecule has 234 valence electrons. The molecule has 3 unspecified atom stereocenters. The smallest absolute Gasteiger partial charge is 0.119 e. The minimum atomic E-state index is 0. The first-order valence-corrected chi connectivity index (χ1v) is 16.5. The molecule has 1 N–H and O–H groups in total. The lowest BCUT2D eigenvalue weighted by molar-refractivity contribution is -0.00264. The molecular weight excluding hydrogens is 600 g/mol. The number of benzene rings is 4. The van der Waals surface area contributed by atoms with E-state index >= 15 is 0 Å². The summed E-state index contributed by atoms with van der Waals surface area (Å²) in [6.07, 6.45) is 2.77. The Balaban J connectivity index is 0.00000400. The molecule has 2 heterocycles. The van der Waals surface area contributed by atoms with Gasteiger partial charge in [-0.05, 0) is 70.3 Å². The highest BCUT2D eigenvalue weighted by Crippen LogP contribution is 2.37. The summed E-state index contributed by atoms with van der Waals surface area (Å²) in [5, 5.41) is 7.21. The third kappa shape index (κ3) is 9.55. The van der Waals surface area contributed by atoms with E-state index < -0.39 is 0 Å². The van der Waals surface area contributed by atoms with Gasteiger partial charge in [0.25, 0.3) is 0 Å². The lowest BCUT2D eigenvalue weighted by atomic mass is 9.80. The Morgan fingerprint density at radius 2 is 1.53 bits per heavy atom. The van der Waals surface area contributed by atoms with Crippen LogP contribution < -0.4 is 10.1 Å². The summed E-state index contributed by atoms with van der Waals surface area (Å²) < 4.78 is 18.6. The van der Waals surface area contributed by atoms with E-state index in [2.05, 4.69) is 101 Å². The Morgan fingerprint density at radius 3 is 2.36 bits per heavy atom. The summed E-state index contributed by atoms with van der Waals surface area (Å²) in [6.45, 7) is 4.29. The Morgan fingerprint density at radius 1 is 0.733 bits per heavy atom. The fourth-order valence-corrected chi connectivity index (χ4v) is 6.86. The SMILES string of the molecule is Cl.c1ccc(COCCCOc2ccc(C3C(CSc4ccccn4)CNCC3OCc3ccc4ccccc4c3)cc2)cc1. The predicted octanol–water partition coefficient (Wildman–Crippen LogP) is 8.32. The van der Waals surface area contributed by atoms with E-state index in [1.54, 1.807) is 0 Å². The maximum atomic E-state index is 6.70. The lowest BCUT2D eigenvalue weighted by Crippen LogP contribution is -2.47. The highest BCUT2D eigenvalue weighted by atomic mass is 35.5. The van der Waals surface area contributed by atoms with Gasteiger partial charge in [-0.2, -0.15) is 0 Å². The van der Waals surface area contributed by atoms with Crippen molar-refractivity contribution in [2.75, 3.05) is 32.1 Å². The van der Waals surface area contributed by atoms with E-state index in [-0.39, 0.29) is 24.4 Å². The Bertz CT molecular complexity index is 1570. The average molecular weight is 641 g/mol. The topological polar surface area (TPSA) is 52.6 Å². The number of pyridine rings is 1. The summed E-state index contributed by atoms with van der Waals surface area (Å²) in [5.41, 5.74) is 3.68. The second-order valence-corrected chi connectivity index (χ2v) is 12.3. The van der Waals surface area contributed by atoms with Crippen LogP contribution >= 0.6 is 24.2 Å². The van der Waals surface area contributed by atoms with Crippen molar-refractivity contribution in [2.24, 2.45) is 5.92 Å². The number of ether oxygens (including phenoxy) is 3. The molecule has 5 aromatic rings. The molecular formula is C38H41ClN2O3S. The summed E-state index contributed by atoms with van der Waals surface area (Å²) in [6, 6.07) is 40.1. The van der Waals surface area contributed by atoms with Crippen LogP contribution in [0.2, 0.25) is 0 Å². The largest absolute Gasteiger partial charge is 0.494 e. The highest BCUT2D eigenvalue weighted by molar-refractivity contribution is 7.99. The van der Waals surface area contributed by atoms with Gasteiger partial charge in [0.2, 0.25) is 0 Å². The summed E-state index contributed by atoms with van der Waals surface area (Å²) in [7, 11) is 0. The minimum absolute atomic E-state index is 0. The maximum Gasteiger partial charge on any atom is 0.119 e. The van der Waals surface area contributed by atoms with Gasteiger partial charge in [-0.3, -0.25) is 0 Å². The number of piperidine rings is 1. The molecule has 0 spiro atoms. The van der Waals surface area contributed by atoms with E-state index in [9.17, 15) is 0 Å². The number of nitrogens with zero attached hydrogens (tertiary/aromatic N) is 1. The van der Waals surface area contributed by atoms with Gasteiger partial charge in [0.1, 0.15) is 5.75 Å². The number of hydrogen-bond donors (Lipinski definition) is 1. The lowest BCUT2D eigenvalue weighted by Gasteiger charge is -2.39. The van der Waals surface area contributed by atoms with Crippen molar-refractivity contribution < 1.29 is 14.2 Å². The van der Waals surface area contributed by atoms with E-state index in [1.807, 2.05) is 42.2 Å². The Hall–Kier alpha value is -3.39. The van der Waals surface area contributed by atoms with Gasteiger partial charge in [0, 0.05) is 30.8 Å². The molecule has 0 saturated carbocycles. The number of rotatable bonds is 14. The molecule has 0 aliphatic carbocycles. The van der Waals surface area contributed by atoms with Crippen LogP contribution in [0.5, 0.6) is 5.75 Å². The van der Waals surface area contributed by atoms with Crippen molar-refractivity contribution >= 4 is 34.9 Å². The van der Waals surface area contributed by atoms with E-state index in [1.165, 1.54) is 27.5 Å². The second-order valence-electron chi connectivity index (χ2n) is 11.3. The molecule has 5 nitrogen and oxygen atoms in total. The number of halogens is 1. The molecule has 1 aliphatic rings. The van der Waals surface area contributed by atoms with Crippen LogP contribution in [0.25, 0.3) is 10.8 Å². The van der Waals surface area contributed by atoms with Crippen LogP contribution in [0.15, 0.2) is 126 Å². The first-order valence-electron chi connectivity index (χ1n) is 15.5. The van der Waals surface area contributed by atoms with Crippen LogP contribution in [0.3, 0.4) is 0 Å². The summed E-state index contributed by atoms with van der Waals surface area (Å²) >= 11 is 1.82. The van der Waals surface area contributed by atoms with Crippen molar-refractivity contribution in [3.8, 4) is 5.75 Å². The average Bonchev–Trinajstić information content (AvgIpc) is 3.09. The molecule has 7 heteroatoms. The van der Waals surface area contributed by atoms with Gasteiger partial charge in [0.15, 0.2) is 0 Å². The molecule has 1 aromatic heterocycles. The van der Waals surface area contributed by atoms with Gasteiger partial charge in [0.05, 0.1) is 37.6 Å². The van der Waals surface area contributed by atoms with Gasteiger partial charge in [-0.15, -0.1) is 24.2 Å². The molecule has 4 aromatic carbocycles. The molecule has 0 radical (unpaired) electrons. The van der Waals surface area contributed by atoms with Crippen molar-refractivity contribution in [2.45, 2.75) is 36.7 Å². The van der Waals surface area contributed by atoms with E-state index in [0.29, 0.717) is 32.3 Å². The zero-order valence-electron chi connectivity index (χ0n) is 25.4. The third-order valence-corrected chi connectivity index (χ3v) is 9.23. The molecule has 3 atom stereocenters. The quantitative estimate of drug-likeness (QED) is 0.0973. The van der Waals surface area contributed by atoms with Gasteiger partial charge < -0.3 is 19.5 Å². The zero-order valence-corrected chi connectivity index (χ0v) is 27.1. The highest BCUT2D eigenvalue weighted by Gasteiger charge is 2.35. The number of thioether (sulfide) groups is 1. The fraction of sp³-hybridized carbons (Fsp3) is 0.289. The Labute approximate surface area is 277 Å². The monoisotopic (exact) mass is 640 g/mol. The maximum absolute atomic E-state index is 6.70. The summed E-state index contributed by atoms with van der Waals surface area (Å²) in [5.74, 6) is 2.50. The van der Waals surface area contributed by atoms with Crippen molar-refractivity contribution in [3.05, 3.63) is 138 Å². The van der Waals surface area contributed by atoms with Gasteiger partial charge >= 0.3 is 0 Å². The number of aromatic nitrogens is 1. The van der Waals surface area contributed by atoms with Crippen LogP contribution in [-0.2, 0) is 22.7 Å². The van der Waals surface area contributed by atoms with Gasteiger partial charge in [-0.25, -0.2) is 4.98 Å². The van der Waals surface area contributed by atoms with Crippen LogP contribution in [0.4, 0.5) is 0 Å². The van der Waals surface area contributed by atoms with Crippen LogP contribution in [0, 0.1) is 5.92 Å². The first kappa shape index (κ1) is 33.0. The van der Waals surface area contributed by atoms with Crippen LogP contribution in [-0.4, -0.2) is 43.1 Å². The predicted molar refractivity (Wildman–Crippen MR) is 186 cm³/mol. The number of hydrogen-bond acceptors (Lipinski definition) is 6. The number of nitrogens with one attached hydrogen (secondary N) is 1. The first-order chi connectivity index (χ1) is 21.8. The summed E-state index contributed by atoms with van der Waals surface area (Å²) in [4.78, 5) is 4.54. The molecule has 1 aliphatic heterocycles. The Kier molecular flexibility index (Phi) is 12.7. The normalized spacial score (nSPS) is 17.9. The fourth-order valence-electron chi connectivity index (χ4n) is 5.84. The van der Waals surface area contributed by atoms with Gasteiger partial charge in [-0.1, -0.05) is 84.9 Å². The van der Waals surface area contributed by atoms with Crippen molar-refractivity contribution in [1.82, 2.24) is 10.3 Å². The zero-order chi connectivity index (χ0) is 29.8. The molecule has 1 fully saturated rings. The molecule has 1 saturated heterocycles. The molecule has 0 bridgehead atoms. The molecule has 45 heavy (non-hydrogen) atoms. The third-order valence-electron chi connectivity index (χ3n) is 8.10. The van der Waals surface area contributed by atoms with Crippen molar-refractivity contribution in [1.29, 1.82) is 0 Å². The minimum Gasteiger partial charge on any atom is -0.494 e. The second kappa shape index (κ2) is 17.3. The van der Waals surface area contributed by atoms with Crippen LogP contribution in [0.1, 0.15) is 29.0 Å².